The first kappa shape index (κ1) is 11.4. The smallest absolute Gasteiger partial charge is 0.0445 e. The van der Waals surface area contributed by atoms with Gasteiger partial charge in [-0.25, -0.2) is 0 Å². The molecule has 0 spiro atoms. The second kappa shape index (κ2) is 5.74. The zero-order chi connectivity index (χ0) is 4.41. The van der Waals surface area contributed by atoms with Crippen molar-refractivity contribution < 1.29 is 31.9 Å². The summed E-state index contributed by atoms with van der Waals surface area (Å²) < 4.78 is 0. The third kappa shape index (κ3) is 3.60. The number of hydrogen-bond acceptors (Lipinski definition) is 1. The summed E-state index contributed by atoms with van der Waals surface area (Å²) >= 11 is 1.65. The van der Waals surface area contributed by atoms with Gasteiger partial charge in [0.1, 0.15) is 0 Å². The molecule has 0 saturated heterocycles. The van der Waals surface area contributed by atoms with Crippen molar-refractivity contribution in [3.05, 3.63) is 22.4 Å². The number of rotatable bonds is 0. The summed E-state index contributed by atoms with van der Waals surface area (Å²) in [5.41, 5.74) is 0. The molecule has 0 fully saturated rings. The Balaban J connectivity index is 0. The van der Waals surface area contributed by atoms with Gasteiger partial charge in [0, 0.05) is 29.7 Å². The van der Waals surface area contributed by atoms with Gasteiger partial charge >= 0.3 is 0 Å². The van der Waals surface area contributed by atoms with Crippen LogP contribution in [-0.4, -0.2) is 0 Å². The van der Waals surface area contributed by atoms with Crippen LogP contribution in [0.15, 0.2) is 12.1 Å². The number of aryl methyl sites for hydroxylation is 1. The zero-order valence-electron chi connectivity index (χ0n) is 4.65. The first-order valence-electron chi connectivity index (χ1n) is 1.82. The van der Waals surface area contributed by atoms with Crippen LogP contribution in [0, 0.1) is 12.3 Å². The van der Waals surface area contributed by atoms with E-state index in [-0.39, 0.29) is 31.9 Å². The van der Waals surface area contributed by atoms with Gasteiger partial charge in [-0.15, -0.1) is 11.3 Å². The van der Waals surface area contributed by atoms with E-state index in [9.17, 15) is 0 Å². The first-order chi connectivity index (χ1) is 2.89. The molecule has 0 unspecified atom stereocenters. The molecule has 3 heteroatoms. The molecule has 0 aromatic carbocycles. The standard InChI is InChI=1S/C5H5S.ClH.Zn/c1-5-3-2-4-6-5;;/h2-3H,1H3;1H;/p-1. The van der Waals surface area contributed by atoms with Crippen LogP contribution in [0.5, 0.6) is 0 Å². The van der Waals surface area contributed by atoms with Gasteiger partial charge in [0.05, 0.1) is 0 Å². The summed E-state index contributed by atoms with van der Waals surface area (Å²) in [7, 11) is 0. The minimum atomic E-state index is 0. The molecule has 0 aliphatic heterocycles. The fraction of sp³-hybridized carbons (Fsp3) is 0.200. The molecule has 0 nitrogen and oxygen atoms in total. The maximum atomic E-state index is 2.97. The molecule has 0 bridgehead atoms. The van der Waals surface area contributed by atoms with Gasteiger partial charge in [0.15, 0.2) is 0 Å². The van der Waals surface area contributed by atoms with Crippen molar-refractivity contribution >= 4 is 11.3 Å². The van der Waals surface area contributed by atoms with Crippen LogP contribution in [-0.2, 0) is 19.5 Å². The summed E-state index contributed by atoms with van der Waals surface area (Å²) in [6.07, 6.45) is 0. The molecule has 0 aliphatic carbocycles. The van der Waals surface area contributed by atoms with Crippen molar-refractivity contribution in [2.24, 2.45) is 0 Å². The van der Waals surface area contributed by atoms with Gasteiger partial charge in [-0.05, 0) is 19.1 Å². The van der Waals surface area contributed by atoms with E-state index < -0.39 is 0 Å². The predicted molar refractivity (Wildman–Crippen MR) is 27.9 cm³/mol. The van der Waals surface area contributed by atoms with E-state index in [4.69, 9.17) is 0 Å². The van der Waals surface area contributed by atoms with Crippen molar-refractivity contribution in [2.75, 3.05) is 0 Å². The average molecular weight is 198 g/mol. The third-order valence-corrected chi connectivity index (χ3v) is 1.32. The summed E-state index contributed by atoms with van der Waals surface area (Å²) in [6, 6.07) is 3.98. The minimum Gasteiger partial charge on any atom is -1.00 e. The summed E-state index contributed by atoms with van der Waals surface area (Å²) in [6.45, 7) is 2.07. The fourth-order valence-electron chi connectivity index (χ4n) is 0.312. The number of thiophene rings is 1. The van der Waals surface area contributed by atoms with Gasteiger partial charge in [0.25, 0.3) is 0 Å². The fourth-order valence-corrected chi connectivity index (χ4v) is 0.770. The average Bonchev–Trinajstić information content (AvgIpc) is 1.86. The summed E-state index contributed by atoms with van der Waals surface area (Å²) in [5, 5.41) is 2.97. The molecule has 0 aliphatic rings. The van der Waals surface area contributed by atoms with E-state index >= 15 is 0 Å². The van der Waals surface area contributed by atoms with Gasteiger partial charge in [-0.3, -0.25) is 0 Å². The maximum absolute atomic E-state index is 2.97. The Kier molecular flexibility index (Phi) is 8.20. The van der Waals surface area contributed by atoms with Crippen molar-refractivity contribution in [3.63, 3.8) is 0 Å². The molecule has 0 amide bonds. The largest absolute Gasteiger partial charge is 1.00 e. The normalized spacial score (nSPS) is 6.62. The molecule has 41 valence electrons. The molecule has 1 heterocycles. The van der Waals surface area contributed by atoms with E-state index in [0.29, 0.717) is 0 Å². The molecule has 1 aromatic rings. The van der Waals surface area contributed by atoms with Crippen molar-refractivity contribution in [1.29, 1.82) is 0 Å². The Morgan fingerprint density at radius 3 is 2.38 bits per heavy atom. The number of halogens is 1. The van der Waals surface area contributed by atoms with Crippen LogP contribution in [0.4, 0.5) is 0 Å². The summed E-state index contributed by atoms with van der Waals surface area (Å²) in [5.74, 6) is 0. The van der Waals surface area contributed by atoms with Gasteiger partial charge < -0.3 is 12.4 Å². The molecule has 1 aromatic heterocycles. The molecule has 0 saturated carbocycles. The second-order valence-corrected chi connectivity index (χ2v) is 2.25. The van der Waals surface area contributed by atoms with Crippen LogP contribution < -0.4 is 12.4 Å². The monoisotopic (exact) mass is 196 g/mol. The molecular formula is C5H5ClSZn-. The van der Waals surface area contributed by atoms with Crippen molar-refractivity contribution in [1.82, 2.24) is 0 Å². The van der Waals surface area contributed by atoms with Crippen LogP contribution in [0.25, 0.3) is 0 Å². The van der Waals surface area contributed by atoms with Crippen LogP contribution in [0.3, 0.4) is 0 Å². The van der Waals surface area contributed by atoms with Gasteiger partial charge in [-0.2, -0.15) is 0 Å². The first-order valence-corrected chi connectivity index (χ1v) is 2.64. The Hall–Kier alpha value is 0.613. The maximum Gasteiger partial charge on any atom is 0.0445 e. The van der Waals surface area contributed by atoms with E-state index in [0.717, 1.165) is 0 Å². The molecule has 8 heavy (non-hydrogen) atoms. The third-order valence-electron chi connectivity index (χ3n) is 0.606. The topological polar surface area (TPSA) is 0 Å². The molecule has 1 rings (SSSR count). The Morgan fingerprint density at radius 1 is 1.62 bits per heavy atom. The predicted octanol–water partition coefficient (Wildman–Crippen LogP) is -1.14. The van der Waals surface area contributed by atoms with E-state index in [1.54, 1.807) is 11.3 Å². The number of hydrogen-bond donors (Lipinski definition) is 0. The summed E-state index contributed by atoms with van der Waals surface area (Å²) in [4.78, 5) is 1.33. The Bertz CT molecular complexity index is 116. The molecule has 0 atom stereocenters. The van der Waals surface area contributed by atoms with Crippen LogP contribution in [0.2, 0.25) is 0 Å². The molecule has 1 radical (unpaired) electrons. The van der Waals surface area contributed by atoms with E-state index in [1.165, 1.54) is 4.88 Å². The molecule has 0 N–H and O–H groups in total. The second-order valence-electron chi connectivity index (χ2n) is 1.16. The minimum absolute atomic E-state index is 0. The molecular weight excluding hydrogens is 193 g/mol. The zero-order valence-corrected chi connectivity index (χ0v) is 9.19. The quantitative estimate of drug-likeness (QED) is 0.462. The van der Waals surface area contributed by atoms with Crippen LogP contribution in [0.1, 0.15) is 4.88 Å². The van der Waals surface area contributed by atoms with Crippen LogP contribution >= 0.6 is 11.3 Å². The van der Waals surface area contributed by atoms with Crippen molar-refractivity contribution in [3.8, 4) is 0 Å². The Labute approximate surface area is 72.5 Å². The van der Waals surface area contributed by atoms with E-state index in [1.807, 2.05) is 12.1 Å². The van der Waals surface area contributed by atoms with E-state index in [2.05, 4.69) is 12.3 Å². The van der Waals surface area contributed by atoms with Gasteiger partial charge in [0.2, 0.25) is 0 Å². The Morgan fingerprint density at radius 2 is 2.25 bits per heavy atom. The van der Waals surface area contributed by atoms with Gasteiger partial charge in [-0.1, -0.05) is 0 Å². The van der Waals surface area contributed by atoms with Crippen molar-refractivity contribution in [2.45, 2.75) is 6.92 Å². The SMILES string of the molecule is Cc1cc[c]s1.[Cl-].[Zn].